The highest BCUT2D eigenvalue weighted by molar-refractivity contribution is 8.00. The van der Waals surface area contributed by atoms with Gasteiger partial charge in [0.15, 0.2) is 11.0 Å². The molecule has 1 amide bonds. The lowest BCUT2D eigenvalue weighted by Gasteiger charge is -2.31. The summed E-state index contributed by atoms with van der Waals surface area (Å²) in [6, 6.07) is 7.79. The quantitative estimate of drug-likeness (QED) is 0.706. The number of aromatic nitrogens is 3. The highest BCUT2D eigenvalue weighted by atomic mass is 32.2. The van der Waals surface area contributed by atoms with Crippen molar-refractivity contribution in [2.75, 3.05) is 20.2 Å². The summed E-state index contributed by atoms with van der Waals surface area (Å²) in [6.07, 6.45) is 2.18. The van der Waals surface area contributed by atoms with Crippen LogP contribution in [0.15, 0.2) is 29.4 Å². The molecule has 1 aliphatic heterocycles. The monoisotopic (exact) mass is 388 g/mol. The zero-order valence-corrected chi connectivity index (χ0v) is 17.3. The molecule has 7 heteroatoms. The predicted octanol–water partition coefficient (Wildman–Crippen LogP) is 3.71. The molecular formula is C20H28N4O2S. The molecule has 2 aromatic rings. The van der Waals surface area contributed by atoms with Crippen molar-refractivity contribution in [2.24, 2.45) is 5.92 Å². The molecule has 0 spiro atoms. The third-order valence-corrected chi connectivity index (χ3v) is 6.17. The number of hydrogen-bond donors (Lipinski definition) is 0. The summed E-state index contributed by atoms with van der Waals surface area (Å²) >= 11 is 1.48. The number of thioether (sulfide) groups is 1. The summed E-state index contributed by atoms with van der Waals surface area (Å²) < 4.78 is 7.51. The van der Waals surface area contributed by atoms with Gasteiger partial charge in [-0.3, -0.25) is 4.79 Å². The third-order valence-electron chi connectivity index (χ3n) is 5.11. The fraction of sp³-hybridized carbons (Fsp3) is 0.550. The zero-order chi connectivity index (χ0) is 19.4. The number of amides is 1. The van der Waals surface area contributed by atoms with Crippen LogP contribution in [0, 0.1) is 5.92 Å². The molecule has 1 aliphatic rings. The van der Waals surface area contributed by atoms with Crippen LogP contribution in [0.25, 0.3) is 11.4 Å². The van der Waals surface area contributed by atoms with Gasteiger partial charge in [-0.1, -0.05) is 30.8 Å². The Morgan fingerprint density at radius 2 is 2.00 bits per heavy atom. The molecule has 1 unspecified atom stereocenters. The second-order valence-corrected chi connectivity index (χ2v) is 8.33. The fourth-order valence-corrected chi connectivity index (χ4v) is 4.38. The van der Waals surface area contributed by atoms with Crippen molar-refractivity contribution in [3.63, 3.8) is 0 Å². The normalized spacial score (nSPS) is 16.4. The zero-order valence-electron chi connectivity index (χ0n) is 16.5. The smallest absolute Gasteiger partial charge is 0.235 e. The van der Waals surface area contributed by atoms with Crippen molar-refractivity contribution in [1.29, 1.82) is 0 Å². The van der Waals surface area contributed by atoms with Crippen LogP contribution in [-0.2, 0) is 11.3 Å². The van der Waals surface area contributed by atoms with Gasteiger partial charge in [-0.15, -0.1) is 10.2 Å². The van der Waals surface area contributed by atoms with Crippen molar-refractivity contribution in [3.05, 3.63) is 24.3 Å². The van der Waals surface area contributed by atoms with E-state index in [1.807, 2.05) is 40.7 Å². The Balaban J connectivity index is 1.77. The van der Waals surface area contributed by atoms with Gasteiger partial charge in [0.2, 0.25) is 5.91 Å². The molecule has 1 atom stereocenters. The number of carbonyl (C=O) groups excluding carboxylic acids is 1. The Labute approximate surface area is 165 Å². The van der Waals surface area contributed by atoms with E-state index in [1.54, 1.807) is 7.11 Å². The number of rotatable bonds is 6. The lowest BCUT2D eigenvalue weighted by atomic mass is 9.99. The van der Waals surface area contributed by atoms with E-state index >= 15 is 0 Å². The molecule has 1 saturated heterocycles. The Hall–Kier alpha value is -2.02. The summed E-state index contributed by atoms with van der Waals surface area (Å²) in [5.41, 5.74) is 0.908. The summed E-state index contributed by atoms with van der Waals surface area (Å²) in [6.45, 7) is 8.72. The Morgan fingerprint density at radius 1 is 1.30 bits per heavy atom. The van der Waals surface area contributed by atoms with Gasteiger partial charge in [0.05, 0.1) is 17.9 Å². The maximum Gasteiger partial charge on any atom is 0.235 e. The summed E-state index contributed by atoms with van der Waals surface area (Å²) in [4.78, 5) is 14.8. The van der Waals surface area contributed by atoms with E-state index < -0.39 is 0 Å². The molecule has 3 rings (SSSR count). The van der Waals surface area contributed by atoms with Gasteiger partial charge in [-0.25, -0.2) is 0 Å². The van der Waals surface area contributed by atoms with E-state index in [0.29, 0.717) is 5.92 Å². The first-order valence-electron chi connectivity index (χ1n) is 9.57. The molecule has 6 nitrogen and oxygen atoms in total. The number of hydrogen-bond acceptors (Lipinski definition) is 5. The first kappa shape index (κ1) is 19.7. The van der Waals surface area contributed by atoms with Crippen molar-refractivity contribution < 1.29 is 9.53 Å². The lowest BCUT2D eigenvalue weighted by Crippen LogP contribution is -2.41. The van der Waals surface area contributed by atoms with Crippen molar-refractivity contribution in [2.45, 2.75) is 50.6 Å². The van der Waals surface area contributed by atoms with E-state index in [0.717, 1.165) is 54.8 Å². The van der Waals surface area contributed by atoms with Gasteiger partial charge in [-0.2, -0.15) is 0 Å². The number of ether oxygens (including phenoxy) is 1. The highest BCUT2D eigenvalue weighted by Crippen LogP contribution is 2.32. The highest BCUT2D eigenvalue weighted by Gasteiger charge is 2.27. The number of nitrogens with zero attached hydrogens (tertiary/aromatic N) is 4. The number of piperidine rings is 1. The first-order valence-corrected chi connectivity index (χ1v) is 10.4. The van der Waals surface area contributed by atoms with Crippen molar-refractivity contribution >= 4 is 17.7 Å². The summed E-state index contributed by atoms with van der Waals surface area (Å²) in [5.74, 6) is 2.44. The fourth-order valence-electron chi connectivity index (χ4n) is 3.38. The molecule has 0 N–H and O–H groups in total. The third kappa shape index (κ3) is 4.29. The molecule has 2 heterocycles. The minimum atomic E-state index is -0.182. The molecule has 27 heavy (non-hydrogen) atoms. The van der Waals surface area contributed by atoms with Crippen LogP contribution in [0.1, 0.15) is 33.6 Å². The second-order valence-electron chi connectivity index (χ2n) is 7.02. The van der Waals surface area contributed by atoms with Crippen molar-refractivity contribution in [3.8, 4) is 17.1 Å². The van der Waals surface area contributed by atoms with Crippen LogP contribution in [0.2, 0.25) is 0 Å². The SMILES string of the molecule is CCn1c(SC(C)C(=O)N2CCC(C)CC2)nnc1-c1ccccc1OC. The number of para-hydroxylation sites is 1. The minimum absolute atomic E-state index is 0.182. The Kier molecular flexibility index (Phi) is 6.42. The predicted molar refractivity (Wildman–Crippen MR) is 108 cm³/mol. The van der Waals surface area contributed by atoms with Gasteiger partial charge in [0.1, 0.15) is 5.75 Å². The number of likely N-dealkylation sites (tertiary alicyclic amines) is 1. The number of benzene rings is 1. The maximum atomic E-state index is 12.8. The molecule has 0 saturated carbocycles. The van der Waals surface area contributed by atoms with E-state index in [9.17, 15) is 4.79 Å². The van der Waals surface area contributed by atoms with Crippen molar-refractivity contribution in [1.82, 2.24) is 19.7 Å². The molecule has 146 valence electrons. The molecule has 0 aliphatic carbocycles. The van der Waals surface area contributed by atoms with Crippen LogP contribution in [-0.4, -0.2) is 51.0 Å². The first-order chi connectivity index (χ1) is 13.0. The van der Waals surface area contributed by atoms with Crippen LogP contribution in [0.4, 0.5) is 0 Å². The standard InChI is InChI=1S/C20H28N4O2S/c1-5-24-18(16-8-6-7-9-17(16)26-4)21-22-20(24)27-15(3)19(25)23-12-10-14(2)11-13-23/h6-9,14-15H,5,10-13H2,1-4H3. The summed E-state index contributed by atoms with van der Waals surface area (Å²) in [5, 5.41) is 9.34. The molecule has 1 aromatic carbocycles. The molecule has 1 fully saturated rings. The molecule has 0 radical (unpaired) electrons. The minimum Gasteiger partial charge on any atom is -0.496 e. The Bertz CT molecular complexity index is 784. The van der Waals surface area contributed by atoms with Gasteiger partial charge < -0.3 is 14.2 Å². The van der Waals surface area contributed by atoms with Gasteiger partial charge in [-0.05, 0) is 44.7 Å². The largest absolute Gasteiger partial charge is 0.496 e. The van der Waals surface area contributed by atoms with Crippen LogP contribution in [0.3, 0.4) is 0 Å². The van der Waals surface area contributed by atoms with Gasteiger partial charge in [0.25, 0.3) is 0 Å². The summed E-state index contributed by atoms with van der Waals surface area (Å²) in [7, 11) is 1.65. The lowest BCUT2D eigenvalue weighted by molar-refractivity contribution is -0.131. The van der Waals surface area contributed by atoms with Crippen LogP contribution in [0.5, 0.6) is 5.75 Å². The topological polar surface area (TPSA) is 60.2 Å². The average molecular weight is 389 g/mol. The van der Waals surface area contributed by atoms with Gasteiger partial charge >= 0.3 is 0 Å². The van der Waals surface area contributed by atoms with Crippen LogP contribution >= 0.6 is 11.8 Å². The molecule has 1 aromatic heterocycles. The second kappa shape index (κ2) is 8.78. The maximum absolute atomic E-state index is 12.8. The van der Waals surface area contributed by atoms with Gasteiger partial charge in [0, 0.05) is 19.6 Å². The van der Waals surface area contributed by atoms with E-state index in [2.05, 4.69) is 24.0 Å². The number of methoxy groups -OCH3 is 1. The van der Waals surface area contributed by atoms with Crippen LogP contribution < -0.4 is 4.74 Å². The molecular weight excluding hydrogens is 360 g/mol. The molecule has 0 bridgehead atoms. The Morgan fingerprint density at radius 3 is 2.67 bits per heavy atom. The van der Waals surface area contributed by atoms with E-state index in [4.69, 9.17) is 4.74 Å². The van der Waals surface area contributed by atoms with E-state index in [1.165, 1.54) is 11.8 Å². The van der Waals surface area contributed by atoms with E-state index in [-0.39, 0.29) is 11.2 Å². The number of carbonyl (C=O) groups is 1. The average Bonchev–Trinajstić information content (AvgIpc) is 3.10.